The van der Waals surface area contributed by atoms with Crippen molar-refractivity contribution in [2.75, 3.05) is 11.5 Å². The van der Waals surface area contributed by atoms with E-state index in [9.17, 15) is 0 Å². The number of aromatic nitrogens is 1. The second-order valence-corrected chi connectivity index (χ2v) is 11.2. The average Bonchev–Trinajstić information content (AvgIpc) is 3.40. The van der Waals surface area contributed by atoms with Crippen LogP contribution in [0, 0.1) is 13.8 Å². The molecule has 1 aromatic heterocycles. The summed E-state index contributed by atoms with van der Waals surface area (Å²) in [6.45, 7) is 8.76. The van der Waals surface area contributed by atoms with E-state index in [4.69, 9.17) is 15.2 Å². The molecular formula is C28H28N6O2S. The zero-order valence-corrected chi connectivity index (χ0v) is 22.0. The summed E-state index contributed by atoms with van der Waals surface area (Å²) in [6, 6.07) is 18.4. The largest absolute Gasteiger partial charge is 0.463 e. The zero-order chi connectivity index (χ0) is 25.7. The maximum absolute atomic E-state index is 6.71. The lowest BCUT2D eigenvalue weighted by molar-refractivity contribution is 0.288. The summed E-state index contributed by atoms with van der Waals surface area (Å²) >= 11 is 1.68. The number of anilines is 1. The Balaban J connectivity index is 1.23. The summed E-state index contributed by atoms with van der Waals surface area (Å²) in [4.78, 5) is 15.8. The number of aryl methyl sites for hydroxylation is 2. The Morgan fingerprint density at radius 3 is 2.78 bits per heavy atom. The number of nitrogens with two attached hydrogens (primary N) is 1. The topological polar surface area (TPSA) is 97.4 Å². The Labute approximate surface area is 219 Å². The number of rotatable bonds is 4. The lowest BCUT2D eigenvalue weighted by Gasteiger charge is -2.31. The molecule has 1 unspecified atom stereocenters. The fourth-order valence-corrected chi connectivity index (χ4v) is 5.26. The molecule has 9 heteroatoms. The van der Waals surface area contributed by atoms with Gasteiger partial charge in [-0.25, -0.2) is 9.98 Å². The van der Waals surface area contributed by atoms with Gasteiger partial charge in [-0.1, -0.05) is 0 Å². The van der Waals surface area contributed by atoms with Crippen LogP contribution in [0.3, 0.4) is 0 Å². The molecular weight excluding hydrogens is 484 g/mol. The third-order valence-corrected chi connectivity index (χ3v) is 7.30. The van der Waals surface area contributed by atoms with Crippen molar-refractivity contribution in [2.45, 2.75) is 39.4 Å². The van der Waals surface area contributed by atoms with E-state index < -0.39 is 6.17 Å². The number of nitrogens with zero attached hydrogens (tertiary/aromatic N) is 4. The first-order valence-electron chi connectivity index (χ1n) is 12.1. The number of hydrogen-bond donors (Lipinski definition) is 2. The number of ether oxygens (including phenoxy) is 2. The molecule has 0 spiro atoms. The fraction of sp³-hybridized carbons (Fsp3) is 0.250. The van der Waals surface area contributed by atoms with Crippen molar-refractivity contribution < 1.29 is 9.47 Å². The molecule has 1 fully saturated rings. The maximum Gasteiger partial charge on any atom is 0.290 e. The molecule has 0 saturated carbocycles. The SMILES string of the molecule is Cc1nc2cc(Oc3ccc(N4C=Nc5ccc(N=C6NC(C)(C)CO6)cc5C4N)cc3C)ccc2s1. The minimum atomic E-state index is -0.414. The minimum absolute atomic E-state index is 0.134. The van der Waals surface area contributed by atoms with Crippen LogP contribution < -0.4 is 20.7 Å². The standard InChI is InChI=1S/C28H28N6O2S/c1-16-11-19(6-9-24(16)36-20-7-10-25-23(13-20)31-17(2)37-25)34-15-30-22-8-5-18(12-21(22)26(34)29)32-27-33-28(3,4)14-35-27/h5-13,15,26H,14,29H2,1-4H3,(H,32,33). The highest BCUT2D eigenvalue weighted by Gasteiger charge is 2.29. The summed E-state index contributed by atoms with van der Waals surface area (Å²) in [5, 5.41) is 4.33. The molecule has 188 valence electrons. The number of thiazole rings is 1. The van der Waals surface area contributed by atoms with E-state index in [2.05, 4.69) is 46.3 Å². The van der Waals surface area contributed by atoms with E-state index in [1.165, 1.54) is 0 Å². The van der Waals surface area contributed by atoms with Gasteiger partial charge in [-0.3, -0.25) is 0 Å². The van der Waals surface area contributed by atoms with Crippen molar-refractivity contribution in [3.05, 3.63) is 70.7 Å². The first-order chi connectivity index (χ1) is 17.7. The zero-order valence-electron chi connectivity index (χ0n) is 21.1. The molecule has 0 aliphatic carbocycles. The van der Waals surface area contributed by atoms with Crippen molar-refractivity contribution >= 4 is 51.0 Å². The van der Waals surface area contributed by atoms with Gasteiger partial charge in [0.2, 0.25) is 0 Å². The van der Waals surface area contributed by atoms with E-state index >= 15 is 0 Å². The van der Waals surface area contributed by atoms with Crippen LogP contribution in [-0.2, 0) is 4.74 Å². The van der Waals surface area contributed by atoms with Crippen LogP contribution >= 0.6 is 11.3 Å². The lowest BCUT2D eigenvalue weighted by Crippen LogP contribution is -2.36. The fourth-order valence-electron chi connectivity index (χ4n) is 4.45. The van der Waals surface area contributed by atoms with Gasteiger partial charge in [0.25, 0.3) is 6.02 Å². The van der Waals surface area contributed by atoms with Crippen molar-refractivity contribution in [3.8, 4) is 11.5 Å². The number of fused-ring (bicyclic) bond motifs is 2. The van der Waals surface area contributed by atoms with Crippen LogP contribution in [0.2, 0.25) is 0 Å². The van der Waals surface area contributed by atoms with Gasteiger partial charge in [0.05, 0.1) is 38.5 Å². The van der Waals surface area contributed by atoms with Crippen molar-refractivity contribution in [1.82, 2.24) is 10.3 Å². The Kier molecular flexibility index (Phi) is 5.62. The van der Waals surface area contributed by atoms with E-state index in [1.807, 2.05) is 61.2 Å². The monoisotopic (exact) mass is 512 g/mol. The maximum atomic E-state index is 6.71. The van der Waals surface area contributed by atoms with Crippen LogP contribution in [0.15, 0.2) is 64.6 Å². The van der Waals surface area contributed by atoms with Crippen molar-refractivity contribution in [1.29, 1.82) is 0 Å². The molecule has 1 atom stereocenters. The number of nitrogens with one attached hydrogen (secondary N) is 1. The van der Waals surface area contributed by atoms with Gasteiger partial charge in [-0.2, -0.15) is 4.99 Å². The highest BCUT2D eigenvalue weighted by Crippen LogP contribution is 2.37. The van der Waals surface area contributed by atoms with Gasteiger partial charge < -0.3 is 25.4 Å². The van der Waals surface area contributed by atoms with Crippen LogP contribution in [0.5, 0.6) is 11.5 Å². The molecule has 3 heterocycles. The van der Waals surface area contributed by atoms with E-state index in [1.54, 1.807) is 17.7 Å². The molecule has 4 aromatic rings. The van der Waals surface area contributed by atoms with E-state index in [0.29, 0.717) is 12.6 Å². The normalized spacial score (nSPS) is 19.1. The van der Waals surface area contributed by atoms with Crippen molar-refractivity contribution in [3.63, 3.8) is 0 Å². The first kappa shape index (κ1) is 23.4. The summed E-state index contributed by atoms with van der Waals surface area (Å²) < 4.78 is 13.0. The molecule has 3 N–H and O–H groups in total. The Morgan fingerprint density at radius 1 is 1.14 bits per heavy atom. The first-order valence-corrected chi connectivity index (χ1v) is 12.9. The summed E-state index contributed by atoms with van der Waals surface area (Å²) in [7, 11) is 0. The molecule has 3 aromatic carbocycles. The number of benzene rings is 3. The van der Waals surface area contributed by atoms with Gasteiger partial charge in [0.15, 0.2) is 0 Å². The van der Waals surface area contributed by atoms with Gasteiger partial charge in [0, 0.05) is 17.3 Å². The van der Waals surface area contributed by atoms with Crippen LogP contribution in [-0.4, -0.2) is 29.5 Å². The summed E-state index contributed by atoms with van der Waals surface area (Å²) in [6.07, 6.45) is 1.36. The third-order valence-electron chi connectivity index (χ3n) is 6.35. The molecule has 0 radical (unpaired) electrons. The van der Waals surface area contributed by atoms with Gasteiger partial charge >= 0.3 is 0 Å². The molecule has 6 rings (SSSR count). The molecule has 1 saturated heterocycles. The molecule has 2 aliphatic heterocycles. The minimum Gasteiger partial charge on any atom is -0.463 e. The smallest absolute Gasteiger partial charge is 0.290 e. The molecule has 8 nitrogen and oxygen atoms in total. The average molecular weight is 513 g/mol. The van der Waals surface area contributed by atoms with E-state index in [0.717, 1.165) is 54.9 Å². The predicted octanol–water partition coefficient (Wildman–Crippen LogP) is 6.23. The van der Waals surface area contributed by atoms with Crippen LogP contribution in [0.4, 0.5) is 17.1 Å². The Bertz CT molecular complexity index is 1570. The number of hydrogen-bond acceptors (Lipinski definition) is 8. The third kappa shape index (κ3) is 4.63. The summed E-state index contributed by atoms with van der Waals surface area (Å²) in [5.41, 5.74) is 11.9. The number of aliphatic imine (C=N–C) groups is 2. The van der Waals surface area contributed by atoms with Gasteiger partial charge in [-0.05, 0) is 81.8 Å². The molecule has 0 bridgehead atoms. The van der Waals surface area contributed by atoms with Gasteiger partial charge in [-0.15, -0.1) is 11.3 Å². The van der Waals surface area contributed by atoms with Crippen LogP contribution in [0.1, 0.15) is 36.1 Å². The van der Waals surface area contributed by atoms with Crippen molar-refractivity contribution in [2.24, 2.45) is 15.7 Å². The molecule has 2 aliphatic rings. The second-order valence-electron chi connectivity index (χ2n) is 9.97. The molecule has 0 amide bonds. The second kappa shape index (κ2) is 8.86. The van der Waals surface area contributed by atoms with Gasteiger partial charge in [0.1, 0.15) is 24.3 Å². The lowest BCUT2D eigenvalue weighted by atomic mass is 10.1. The number of amidine groups is 1. The highest BCUT2D eigenvalue weighted by atomic mass is 32.1. The Morgan fingerprint density at radius 2 is 2.00 bits per heavy atom. The summed E-state index contributed by atoms with van der Waals surface area (Å²) in [5.74, 6) is 1.54. The predicted molar refractivity (Wildman–Crippen MR) is 150 cm³/mol. The highest BCUT2D eigenvalue weighted by molar-refractivity contribution is 7.18. The quantitative estimate of drug-likeness (QED) is 0.336. The molecule has 37 heavy (non-hydrogen) atoms. The van der Waals surface area contributed by atoms with Crippen LogP contribution in [0.25, 0.3) is 10.2 Å². The van der Waals surface area contributed by atoms with E-state index in [-0.39, 0.29) is 5.54 Å². The Hall–Kier alpha value is -3.95.